The normalized spacial score (nSPS) is 15.6. The minimum Gasteiger partial charge on any atom is -0.481 e. The van der Waals surface area contributed by atoms with E-state index in [0.29, 0.717) is 17.3 Å². The lowest BCUT2D eigenvalue weighted by Crippen LogP contribution is -2.21. The first-order valence-electron chi connectivity index (χ1n) is 6.36. The van der Waals surface area contributed by atoms with Gasteiger partial charge in [-0.25, -0.2) is 0 Å². The Morgan fingerprint density at radius 3 is 2.79 bits per heavy atom. The fourth-order valence-electron chi connectivity index (χ4n) is 2.47. The topological polar surface area (TPSA) is 76.6 Å². The number of aliphatic carboxylic acids is 1. The third-order valence-corrected chi connectivity index (χ3v) is 3.84. The van der Waals surface area contributed by atoms with E-state index >= 15 is 0 Å². The molecule has 6 nitrogen and oxygen atoms in total. The van der Waals surface area contributed by atoms with E-state index in [9.17, 15) is 9.59 Å². The zero-order valence-electron chi connectivity index (χ0n) is 10.7. The number of carbonyl (C=O) groups is 1. The van der Waals surface area contributed by atoms with E-state index in [1.54, 1.807) is 11.6 Å². The van der Waals surface area contributed by atoms with Crippen LogP contribution in [0.3, 0.4) is 0 Å². The summed E-state index contributed by atoms with van der Waals surface area (Å²) in [6, 6.07) is 3.25. The van der Waals surface area contributed by atoms with Crippen molar-refractivity contribution in [3.8, 4) is 0 Å². The molecule has 1 aliphatic carbocycles. The van der Waals surface area contributed by atoms with Gasteiger partial charge in [0.15, 0.2) is 0 Å². The van der Waals surface area contributed by atoms with Gasteiger partial charge in [0.25, 0.3) is 5.56 Å². The van der Waals surface area contributed by atoms with Gasteiger partial charge in [-0.1, -0.05) is 6.42 Å². The molecule has 1 N–H and O–H groups in total. The fraction of sp³-hybridized carbons (Fsp3) is 0.462. The van der Waals surface area contributed by atoms with E-state index in [1.807, 2.05) is 6.07 Å². The number of rotatable bonds is 3. The zero-order chi connectivity index (χ0) is 13.6. The Bertz CT molecular complexity index is 710. The summed E-state index contributed by atoms with van der Waals surface area (Å²) >= 11 is 0. The molecule has 1 fully saturated rings. The monoisotopic (exact) mass is 261 g/mol. The molecular formula is C13H15N3O3. The second-order valence-electron chi connectivity index (χ2n) is 5.07. The molecule has 2 heterocycles. The molecule has 6 heteroatoms. The van der Waals surface area contributed by atoms with Gasteiger partial charge in [0.1, 0.15) is 5.65 Å². The van der Waals surface area contributed by atoms with Crippen LogP contribution in [0.2, 0.25) is 0 Å². The molecule has 0 radical (unpaired) electrons. The summed E-state index contributed by atoms with van der Waals surface area (Å²) in [4.78, 5) is 22.8. The first-order valence-corrected chi connectivity index (χ1v) is 6.36. The van der Waals surface area contributed by atoms with E-state index in [4.69, 9.17) is 5.11 Å². The highest BCUT2D eigenvalue weighted by Gasteiger charge is 2.23. The van der Waals surface area contributed by atoms with E-state index in [-0.39, 0.29) is 12.0 Å². The summed E-state index contributed by atoms with van der Waals surface area (Å²) < 4.78 is 3.09. The Morgan fingerprint density at radius 2 is 2.21 bits per heavy atom. The average Bonchev–Trinajstić information content (AvgIpc) is 2.67. The predicted octanol–water partition coefficient (Wildman–Crippen LogP) is 0.928. The Morgan fingerprint density at radius 1 is 1.47 bits per heavy atom. The zero-order valence-corrected chi connectivity index (χ0v) is 10.7. The summed E-state index contributed by atoms with van der Waals surface area (Å²) in [7, 11) is 1.76. The Kier molecular flexibility index (Phi) is 2.66. The van der Waals surface area contributed by atoms with Crippen molar-refractivity contribution in [1.29, 1.82) is 0 Å². The number of fused-ring (bicyclic) bond motifs is 1. The van der Waals surface area contributed by atoms with Crippen LogP contribution < -0.4 is 5.56 Å². The van der Waals surface area contributed by atoms with Crippen LogP contribution in [0.1, 0.15) is 36.6 Å². The minimum atomic E-state index is -0.946. The Labute approximate surface area is 109 Å². The van der Waals surface area contributed by atoms with Crippen LogP contribution in [0.5, 0.6) is 0 Å². The molecule has 0 bridgehead atoms. The smallest absolute Gasteiger partial charge is 0.309 e. The van der Waals surface area contributed by atoms with Crippen LogP contribution in [-0.2, 0) is 18.3 Å². The standard InChI is InChI=1S/C13H15N3O3/c1-15-9(6-13(18)19)5-12(17)16-11(15)7-10(14-16)8-3-2-4-8/h5,7-8H,2-4,6H2,1H3,(H,18,19). The molecule has 2 aromatic heterocycles. The molecule has 100 valence electrons. The fourth-order valence-corrected chi connectivity index (χ4v) is 2.47. The highest BCUT2D eigenvalue weighted by atomic mass is 16.4. The van der Waals surface area contributed by atoms with Gasteiger partial charge in [-0.3, -0.25) is 9.59 Å². The SMILES string of the molecule is Cn1c(CC(=O)O)cc(=O)n2nc(C3CCC3)cc12. The molecule has 1 aliphatic rings. The number of hydrogen-bond acceptors (Lipinski definition) is 3. The maximum atomic E-state index is 12.0. The quantitative estimate of drug-likeness (QED) is 0.891. The maximum Gasteiger partial charge on any atom is 0.309 e. The molecule has 3 rings (SSSR count). The molecule has 0 saturated heterocycles. The van der Waals surface area contributed by atoms with Gasteiger partial charge in [-0.2, -0.15) is 9.61 Å². The molecule has 19 heavy (non-hydrogen) atoms. The van der Waals surface area contributed by atoms with E-state index in [0.717, 1.165) is 18.5 Å². The third kappa shape index (κ3) is 1.93. The van der Waals surface area contributed by atoms with Gasteiger partial charge in [0, 0.05) is 30.8 Å². The molecule has 0 unspecified atom stereocenters. The first kappa shape index (κ1) is 12.0. The first-order chi connectivity index (χ1) is 9.06. The highest BCUT2D eigenvalue weighted by molar-refractivity contribution is 5.69. The van der Waals surface area contributed by atoms with Crippen LogP contribution in [0.25, 0.3) is 5.65 Å². The van der Waals surface area contributed by atoms with Gasteiger partial charge < -0.3 is 9.67 Å². The second kappa shape index (κ2) is 4.22. The predicted molar refractivity (Wildman–Crippen MR) is 68.4 cm³/mol. The summed E-state index contributed by atoms with van der Waals surface area (Å²) in [5.74, 6) is -0.500. The number of carboxylic acids is 1. The molecule has 0 amide bonds. The third-order valence-electron chi connectivity index (χ3n) is 3.84. The van der Waals surface area contributed by atoms with E-state index in [1.165, 1.54) is 17.0 Å². The van der Waals surface area contributed by atoms with Crippen molar-refractivity contribution in [2.75, 3.05) is 0 Å². The Hall–Kier alpha value is -2.11. The lowest BCUT2D eigenvalue weighted by molar-refractivity contribution is -0.136. The van der Waals surface area contributed by atoms with Crippen LogP contribution in [0.15, 0.2) is 16.9 Å². The molecule has 0 spiro atoms. The van der Waals surface area contributed by atoms with Crippen molar-refractivity contribution in [3.05, 3.63) is 33.9 Å². The number of aryl methyl sites for hydroxylation is 1. The van der Waals surface area contributed by atoms with Gasteiger partial charge in [-0.05, 0) is 12.8 Å². The van der Waals surface area contributed by atoms with Crippen molar-refractivity contribution in [2.24, 2.45) is 7.05 Å². The van der Waals surface area contributed by atoms with Gasteiger partial charge in [0.2, 0.25) is 0 Å². The largest absolute Gasteiger partial charge is 0.481 e. The highest BCUT2D eigenvalue weighted by Crippen LogP contribution is 2.35. The van der Waals surface area contributed by atoms with Gasteiger partial charge in [-0.15, -0.1) is 0 Å². The lowest BCUT2D eigenvalue weighted by atomic mass is 9.83. The maximum absolute atomic E-state index is 12.0. The summed E-state index contributed by atoms with van der Waals surface area (Å²) in [6.07, 6.45) is 3.28. The van der Waals surface area contributed by atoms with Crippen LogP contribution in [-0.4, -0.2) is 25.3 Å². The van der Waals surface area contributed by atoms with Crippen molar-refractivity contribution in [1.82, 2.24) is 14.2 Å². The second-order valence-corrected chi connectivity index (χ2v) is 5.07. The minimum absolute atomic E-state index is 0.161. The Balaban J connectivity index is 2.15. The van der Waals surface area contributed by atoms with Crippen LogP contribution >= 0.6 is 0 Å². The van der Waals surface area contributed by atoms with E-state index < -0.39 is 5.97 Å². The molecule has 2 aromatic rings. The van der Waals surface area contributed by atoms with E-state index in [2.05, 4.69) is 5.10 Å². The number of aromatic nitrogens is 3. The van der Waals surface area contributed by atoms with Crippen molar-refractivity contribution in [3.63, 3.8) is 0 Å². The van der Waals surface area contributed by atoms with Gasteiger partial charge >= 0.3 is 5.97 Å². The van der Waals surface area contributed by atoms with Crippen molar-refractivity contribution in [2.45, 2.75) is 31.6 Å². The van der Waals surface area contributed by atoms with Crippen molar-refractivity contribution >= 4 is 11.6 Å². The summed E-state index contributed by atoms with van der Waals surface area (Å²) in [5, 5.41) is 13.2. The average molecular weight is 261 g/mol. The number of carboxylic acid groups (broad SMARTS) is 1. The number of nitrogens with zero attached hydrogens (tertiary/aromatic N) is 3. The molecule has 0 aliphatic heterocycles. The molecule has 0 atom stereocenters. The van der Waals surface area contributed by atoms with Crippen LogP contribution in [0, 0.1) is 0 Å². The molecule has 0 aromatic carbocycles. The van der Waals surface area contributed by atoms with Crippen LogP contribution in [0.4, 0.5) is 0 Å². The summed E-state index contributed by atoms with van der Waals surface area (Å²) in [5.41, 5.74) is 1.82. The van der Waals surface area contributed by atoms with Gasteiger partial charge in [0.05, 0.1) is 12.1 Å². The lowest BCUT2D eigenvalue weighted by Gasteiger charge is -2.22. The molecular weight excluding hydrogens is 246 g/mol. The molecule has 1 saturated carbocycles. The van der Waals surface area contributed by atoms with Crippen molar-refractivity contribution < 1.29 is 9.90 Å². The summed E-state index contributed by atoms with van der Waals surface area (Å²) in [6.45, 7) is 0. The number of hydrogen-bond donors (Lipinski definition) is 1.